The highest BCUT2D eigenvalue weighted by Crippen LogP contribution is 2.14. The highest BCUT2D eigenvalue weighted by molar-refractivity contribution is 5.80. The molecule has 3 nitrogen and oxygen atoms in total. The number of amides is 1. The minimum absolute atomic E-state index is 0.0158. The zero-order chi connectivity index (χ0) is 12.8. The highest BCUT2D eigenvalue weighted by Gasteiger charge is 2.14. The van der Waals surface area contributed by atoms with Crippen molar-refractivity contribution in [3.05, 3.63) is 35.4 Å². The number of carbonyl (C=O) groups excluding carboxylic acids is 1. The van der Waals surface area contributed by atoms with Gasteiger partial charge in [0.15, 0.2) is 0 Å². The predicted octanol–water partition coefficient (Wildman–Crippen LogP) is 2.03. The molecule has 0 bridgehead atoms. The minimum atomic E-state index is -0.180. The molecule has 17 heavy (non-hydrogen) atoms. The first-order chi connectivity index (χ1) is 8.08. The molecule has 0 aliphatic carbocycles. The molecule has 2 N–H and O–H groups in total. The van der Waals surface area contributed by atoms with Crippen molar-refractivity contribution in [3.63, 3.8) is 0 Å². The maximum atomic E-state index is 11.4. The second-order valence-electron chi connectivity index (χ2n) is 4.32. The van der Waals surface area contributed by atoms with Gasteiger partial charge in [-0.25, -0.2) is 0 Å². The third-order valence-electron chi connectivity index (χ3n) is 3.03. The molecule has 0 spiro atoms. The summed E-state index contributed by atoms with van der Waals surface area (Å²) in [6, 6.07) is 8.50. The molecule has 0 fully saturated rings. The second kappa shape index (κ2) is 6.40. The molecule has 94 valence electrons. The molecule has 0 aliphatic heterocycles. The van der Waals surface area contributed by atoms with Gasteiger partial charge in [-0.1, -0.05) is 31.2 Å². The van der Waals surface area contributed by atoms with E-state index in [-0.39, 0.29) is 18.0 Å². The van der Waals surface area contributed by atoms with Gasteiger partial charge in [0.2, 0.25) is 5.91 Å². The molecule has 1 rings (SSSR count). The molecule has 0 saturated heterocycles. The van der Waals surface area contributed by atoms with E-state index in [0.717, 1.165) is 6.42 Å². The van der Waals surface area contributed by atoms with Crippen LogP contribution in [0.3, 0.4) is 0 Å². The Morgan fingerprint density at radius 2 is 1.82 bits per heavy atom. The lowest BCUT2D eigenvalue weighted by Gasteiger charge is -2.19. The molecule has 3 heteroatoms. The highest BCUT2D eigenvalue weighted by atomic mass is 16.2. The molecule has 1 amide bonds. The van der Waals surface area contributed by atoms with E-state index in [9.17, 15) is 4.79 Å². The van der Waals surface area contributed by atoms with Gasteiger partial charge in [0.05, 0.1) is 6.04 Å². The predicted molar refractivity (Wildman–Crippen MR) is 70.9 cm³/mol. The molecular weight excluding hydrogens is 212 g/mol. The van der Waals surface area contributed by atoms with Crippen LogP contribution in [-0.4, -0.2) is 19.0 Å². The van der Waals surface area contributed by atoms with Crippen LogP contribution in [0.2, 0.25) is 0 Å². The Labute approximate surface area is 104 Å². The lowest BCUT2D eigenvalue weighted by atomic mass is 10.0. The van der Waals surface area contributed by atoms with Gasteiger partial charge in [0, 0.05) is 13.1 Å². The number of carbonyl (C=O) groups is 1. The fraction of sp³-hybridized carbons (Fsp3) is 0.500. The van der Waals surface area contributed by atoms with Crippen LogP contribution >= 0.6 is 0 Å². The van der Waals surface area contributed by atoms with Crippen LogP contribution in [0, 0.1) is 0 Å². The van der Waals surface area contributed by atoms with Gasteiger partial charge in [-0.05, 0) is 31.4 Å². The van der Waals surface area contributed by atoms with Crippen molar-refractivity contribution in [2.45, 2.75) is 39.3 Å². The van der Waals surface area contributed by atoms with Gasteiger partial charge in [0.1, 0.15) is 0 Å². The Balaban J connectivity index is 2.62. The Morgan fingerprint density at radius 3 is 2.29 bits per heavy atom. The molecule has 0 aromatic heterocycles. The summed E-state index contributed by atoms with van der Waals surface area (Å²) in [6.07, 6.45) is 1.05. The van der Waals surface area contributed by atoms with E-state index in [2.05, 4.69) is 48.7 Å². The molecular formula is C14H22N2O. The van der Waals surface area contributed by atoms with Gasteiger partial charge in [-0.2, -0.15) is 0 Å². The molecule has 2 atom stereocenters. The van der Waals surface area contributed by atoms with E-state index in [0.29, 0.717) is 0 Å². The van der Waals surface area contributed by atoms with Crippen molar-refractivity contribution in [1.82, 2.24) is 10.6 Å². The topological polar surface area (TPSA) is 41.1 Å². The van der Waals surface area contributed by atoms with Crippen LogP contribution in [0.5, 0.6) is 0 Å². The molecule has 1 aromatic rings. The van der Waals surface area contributed by atoms with Gasteiger partial charge >= 0.3 is 0 Å². The summed E-state index contributed by atoms with van der Waals surface area (Å²) in [7, 11) is 1.65. The number of nitrogens with one attached hydrogen (secondary N) is 2. The number of likely N-dealkylation sites (N-methyl/N-ethyl adjacent to an activating group) is 1. The number of rotatable bonds is 5. The van der Waals surface area contributed by atoms with Gasteiger partial charge in [-0.15, -0.1) is 0 Å². The third-order valence-corrected chi connectivity index (χ3v) is 3.03. The fourth-order valence-electron chi connectivity index (χ4n) is 1.81. The van der Waals surface area contributed by atoms with Crippen LogP contribution in [0.15, 0.2) is 24.3 Å². The molecule has 0 aliphatic rings. The zero-order valence-corrected chi connectivity index (χ0v) is 11.1. The molecule has 0 heterocycles. The van der Waals surface area contributed by atoms with Crippen LogP contribution in [0.1, 0.15) is 37.9 Å². The van der Waals surface area contributed by atoms with Gasteiger partial charge in [-0.3, -0.25) is 10.1 Å². The maximum absolute atomic E-state index is 11.4. The summed E-state index contributed by atoms with van der Waals surface area (Å²) in [6.45, 7) is 6.08. The standard InChI is InChI=1S/C14H22N2O/c1-5-12-6-8-13(9-7-12)10(2)16-11(3)14(17)15-4/h6-11,16H,5H2,1-4H3,(H,15,17). The van der Waals surface area contributed by atoms with Crippen LogP contribution in [0.25, 0.3) is 0 Å². The monoisotopic (exact) mass is 234 g/mol. The van der Waals surface area contributed by atoms with Crippen molar-refractivity contribution in [2.75, 3.05) is 7.05 Å². The summed E-state index contributed by atoms with van der Waals surface area (Å²) < 4.78 is 0. The van der Waals surface area contributed by atoms with Gasteiger partial charge < -0.3 is 5.32 Å². The molecule has 2 unspecified atom stereocenters. The average molecular weight is 234 g/mol. The van der Waals surface area contributed by atoms with Crippen molar-refractivity contribution in [3.8, 4) is 0 Å². The maximum Gasteiger partial charge on any atom is 0.236 e. The number of hydrogen-bond acceptors (Lipinski definition) is 2. The quantitative estimate of drug-likeness (QED) is 0.818. The van der Waals surface area contributed by atoms with Crippen molar-refractivity contribution < 1.29 is 4.79 Å². The van der Waals surface area contributed by atoms with Gasteiger partial charge in [0.25, 0.3) is 0 Å². The number of benzene rings is 1. The second-order valence-corrected chi connectivity index (χ2v) is 4.32. The van der Waals surface area contributed by atoms with E-state index < -0.39 is 0 Å². The Hall–Kier alpha value is -1.35. The van der Waals surface area contributed by atoms with E-state index in [4.69, 9.17) is 0 Å². The van der Waals surface area contributed by atoms with E-state index in [1.54, 1.807) is 7.05 Å². The van der Waals surface area contributed by atoms with E-state index >= 15 is 0 Å². The van der Waals surface area contributed by atoms with Crippen molar-refractivity contribution >= 4 is 5.91 Å². The summed E-state index contributed by atoms with van der Waals surface area (Å²) in [5.74, 6) is 0.0158. The minimum Gasteiger partial charge on any atom is -0.358 e. The average Bonchev–Trinajstić information content (AvgIpc) is 2.37. The zero-order valence-electron chi connectivity index (χ0n) is 11.1. The van der Waals surface area contributed by atoms with Crippen LogP contribution in [-0.2, 0) is 11.2 Å². The van der Waals surface area contributed by atoms with Crippen molar-refractivity contribution in [2.24, 2.45) is 0 Å². The van der Waals surface area contributed by atoms with Crippen LogP contribution < -0.4 is 10.6 Å². The van der Waals surface area contributed by atoms with E-state index in [1.165, 1.54) is 11.1 Å². The smallest absolute Gasteiger partial charge is 0.236 e. The lowest BCUT2D eigenvalue weighted by molar-refractivity contribution is -0.122. The largest absolute Gasteiger partial charge is 0.358 e. The van der Waals surface area contributed by atoms with Crippen LogP contribution in [0.4, 0.5) is 0 Å². The molecule has 0 saturated carbocycles. The Kier molecular flexibility index (Phi) is 5.16. The number of aryl methyl sites for hydroxylation is 1. The summed E-state index contributed by atoms with van der Waals surface area (Å²) >= 11 is 0. The Morgan fingerprint density at radius 1 is 1.24 bits per heavy atom. The number of hydrogen-bond donors (Lipinski definition) is 2. The van der Waals surface area contributed by atoms with Crippen molar-refractivity contribution in [1.29, 1.82) is 0 Å². The summed E-state index contributed by atoms with van der Waals surface area (Å²) in [5.41, 5.74) is 2.54. The molecule has 1 aromatic carbocycles. The first kappa shape index (κ1) is 13.7. The lowest BCUT2D eigenvalue weighted by Crippen LogP contribution is -2.41. The SMILES string of the molecule is CCc1ccc(C(C)NC(C)C(=O)NC)cc1. The first-order valence-electron chi connectivity index (χ1n) is 6.15. The summed E-state index contributed by atoms with van der Waals surface area (Å²) in [5, 5.41) is 5.91. The normalized spacial score (nSPS) is 14.1. The Bertz CT molecular complexity index is 359. The fourth-order valence-corrected chi connectivity index (χ4v) is 1.81. The first-order valence-corrected chi connectivity index (χ1v) is 6.15. The summed E-state index contributed by atoms with van der Waals surface area (Å²) in [4.78, 5) is 11.4. The molecule has 0 radical (unpaired) electrons. The van der Waals surface area contributed by atoms with E-state index in [1.807, 2.05) is 6.92 Å². The third kappa shape index (κ3) is 3.86.